The quantitative estimate of drug-likeness (QED) is 0.606. The van der Waals surface area contributed by atoms with Gasteiger partial charge in [0.2, 0.25) is 10.0 Å². The van der Waals surface area contributed by atoms with Crippen molar-refractivity contribution in [1.29, 1.82) is 0 Å². The van der Waals surface area contributed by atoms with Crippen molar-refractivity contribution < 1.29 is 17.5 Å². The molecule has 2 N–H and O–H groups in total. The molecule has 170 valence electrons. The maximum Gasteiger partial charge on any atom is 0.238 e. The zero-order valence-electron chi connectivity index (χ0n) is 18.0. The van der Waals surface area contributed by atoms with Gasteiger partial charge in [0, 0.05) is 19.0 Å². The second kappa shape index (κ2) is 9.07. The predicted octanol–water partition coefficient (Wildman–Crippen LogP) is 2.17. The highest BCUT2D eigenvalue weighted by atomic mass is 32.2. The molecule has 0 aliphatic carbocycles. The number of benzene rings is 2. The first kappa shape index (κ1) is 22.5. The first-order valence-electron chi connectivity index (χ1n) is 10.4. The molecule has 0 amide bonds. The van der Waals surface area contributed by atoms with Crippen LogP contribution in [0.15, 0.2) is 47.4 Å². The lowest BCUT2D eigenvalue weighted by atomic mass is 10.1. The fourth-order valence-corrected chi connectivity index (χ4v) is 4.31. The van der Waals surface area contributed by atoms with Crippen molar-refractivity contribution in [3.8, 4) is 5.69 Å². The summed E-state index contributed by atoms with van der Waals surface area (Å²) < 4.78 is 45.1. The Morgan fingerprint density at radius 2 is 2.06 bits per heavy atom. The number of halogens is 1. The molecule has 3 aromatic rings. The second-order valence-corrected chi connectivity index (χ2v) is 9.64. The van der Waals surface area contributed by atoms with Crippen LogP contribution in [-0.2, 0) is 27.7 Å². The lowest BCUT2D eigenvalue weighted by Gasteiger charge is -2.32. The Morgan fingerprint density at radius 1 is 1.25 bits per heavy atom. The molecule has 0 radical (unpaired) electrons. The lowest BCUT2D eigenvalue weighted by Crippen LogP contribution is -2.43. The summed E-state index contributed by atoms with van der Waals surface area (Å²) in [5.74, 6) is 0.392. The molecule has 2 aromatic carbocycles. The predicted molar refractivity (Wildman–Crippen MR) is 117 cm³/mol. The van der Waals surface area contributed by atoms with Gasteiger partial charge in [-0.2, -0.15) is 0 Å². The van der Waals surface area contributed by atoms with Crippen LogP contribution in [0.2, 0.25) is 0 Å². The van der Waals surface area contributed by atoms with Gasteiger partial charge in [-0.3, -0.25) is 4.90 Å². The number of aryl methyl sites for hydroxylation is 1. The summed E-state index contributed by atoms with van der Waals surface area (Å²) in [7, 11) is -4.01. The van der Waals surface area contributed by atoms with E-state index in [0.29, 0.717) is 37.8 Å². The maximum absolute atomic E-state index is 14.9. The number of ether oxygens (including phenoxy) is 1. The molecule has 8 nitrogen and oxygen atoms in total. The molecule has 1 aromatic heterocycles. The largest absolute Gasteiger partial charge is 0.379 e. The number of morpholine rings is 1. The summed E-state index contributed by atoms with van der Waals surface area (Å²) in [6, 6.07) is 11.8. The third kappa shape index (κ3) is 5.04. The monoisotopic (exact) mass is 459 g/mol. The van der Waals surface area contributed by atoms with Crippen LogP contribution >= 0.6 is 0 Å². The molecule has 1 atom stereocenters. The molecule has 1 fully saturated rings. The molecule has 2 heterocycles. The molecular formula is C22H26FN5O3S. The minimum absolute atomic E-state index is 0.119. The number of hydrogen-bond donors (Lipinski definition) is 1. The summed E-state index contributed by atoms with van der Waals surface area (Å²) in [6.45, 7) is 6.64. The zero-order valence-corrected chi connectivity index (χ0v) is 18.8. The molecule has 1 aliphatic rings. The first-order chi connectivity index (χ1) is 15.2. The van der Waals surface area contributed by atoms with Crippen molar-refractivity contribution in [3.63, 3.8) is 0 Å². The van der Waals surface area contributed by atoms with Crippen molar-refractivity contribution in [1.82, 2.24) is 19.7 Å². The van der Waals surface area contributed by atoms with E-state index in [-0.39, 0.29) is 16.6 Å². The van der Waals surface area contributed by atoms with Gasteiger partial charge in [-0.25, -0.2) is 27.6 Å². The number of nitrogens with two attached hydrogens (primary N) is 1. The summed E-state index contributed by atoms with van der Waals surface area (Å²) in [5.41, 5.74) is 2.25. The van der Waals surface area contributed by atoms with E-state index in [1.165, 1.54) is 16.8 Å². The van der Waals surface area contributed by atoms with Gasteiger partial charge in [0.25, 0.3) is 0 Å². The Hall–Kier alpha value is -2.66. The minimum atomic E-state index is -4.01. The average molecular weight is 460 g/mol. The molecule has 1 aliphatic heterocycles. The highest BCUT2D eigenvalue weighted by molar-refractivity contribution is 7.89. The van der Waals surface area contributed by atoms with Crippen LogP contribution in [0.1, 0.15) is 29.7 Å². The molecule has 32 heavy (non-hydrogen) atoms. The minimum Gasteiger partial charge on any atom is -0.379 e. The number of hydrogen-bond acceptors (Lipinski definition) is 6. The molecular weight excluding hydrogens is 433 g/mol. The number of nitrogens with zero attached hydrogens (tertiary/aromatic N) is 4. The van der Waals surface area contributed by atoms with Gasteiger partial charge in [-0.1, -0.05) is 29.8 Å². The van der Waals surface area contributed by atoms with Crippen LogP contribution in [0, 0.1) is 12.7 Å². The Bertz CT molecular complexity index is 1230. The van der Waals surface area contributed by atoms with Crippen molar-refractivity contribution >= 4 is 10.0 Å². The summed E-state index contributed by atoms with van der Waals surface area (Å²) in [4.78, 5) is 6.64. The van der Waals surface area contributed by atoms with Crippen molar-refractivity contribution in [2.24, 2.45) is 5.14 Å². The number of aromatic nitrogens is 3. The SMILES string of the molecule is Cc1cccc(Cc2nc(CN3CCOC[C@H]3C)nn2-c2ccc(S(N)(=O)=O)cc2F)c1. The molecule has 1 saturated heterocycles. The summed E-state index contributed by atoms with van der Waals surface area (Å²) >= 11 is 0. The number of rotatable bonds is 6. The topological polar surface area (TPSA) is 103 Å². The Morgan fingerprint density at radius 3 is 2.75 bits per heavy atom. The van der Waals surface area contributed by atoms with Gasteiger partial charge < -0.3 is 4.74 Å². The Balaban J connectivity index is 1.73. The smallest absolute Gasteiger partial charge is 0.238 e. The van der Waals surface area contributed by atoms with Crippen LogP contribution in [0.3, 0.4) is 0 Å². The fourth-order valence-electron chi connectivity index (χ4n) is 3.79. The van der Waals surface area contributed by atoms with Crippen LogP contribution in [-0.4, -0.2) is 53.9 Å². The van der Waals surface area contributed by atoms with Gasteiger partial charge in [0.1, 0.15) is 17.3 Å². The Labute approximate surface area is 186 Å². The molecule has 0 bridgehead atoms. The Kier molecular flexibility index (Phi) is 6.38. The van der Waals surface area contributed by atoms with Gasteiger partial charge in [-0.15, -0.1) is 5.10 Å². The normalized spacial score (nSPS) is 17.6. The second-order valence-electron chi connectivity index (χ2n) is 8.07. The van der Waals surface area contributed by atoms with Crippen molar-refractivity contribution in [2.45, 2.75) is 37.8 Å². The van der Waals surface area contributed by atoms with E-state index in [0.717, 1.165) is 23.7 Å². The van der Waals surface area contributed by atoms with Gasteiger partial charge in [0.15, 0.2) is 5.82 Å². The van der Waals surface area contributed by atoms with E-state index in [4.69, 9.17) is 14.9 Å². The highest BCUT2D eigenvalue weighted by Crippen LogP contribution is 2.21. The first-order valence-corrected chi connectivity index (χ1v) is 11.9. The van der Waals surface area contributed by atoms with E-state index in [1.807, 2.05) is 31.2 Å². The third-order valence-corrected chi connectivity index (χ3v) is 6.40. The maximum atomic E-state index is 14.9. The highest BCUT2D eigenvalue weighted by Gasteiger charge is 2.23. The lowest BCUT2D eigenvalue weighted by molar-refractivity contribution is -0.00548. The molecule has 4 rings (SSSR count). The molecule has 10 heteroatoms. The van der Waals surface area contributed by atoms with Gasteiger partial charge in [0.05, 0.1) is 24.7 Å². The molecule has 0 saturated carbocycles. The average Bonchev–Trinajstić information content (AvgIpc) is 3.11. The van der Waals surface area contributed by atoms with E-state index in [2.05, 4.69) is 16.9 Å². The standard InChI is InChI=1S/C22H26FN5O3S/c1-15-4-3-5-17(10-15)11-22-25-21(13-27-8-9-31-14-16(27)2)26-28(22)20-7-6-18(12-19(20)23)32(24,29)30/h3-7,10,12,16H,8-9,11,13-14H2,1-2H3,(H2,24,29,30)/t16-/m1/s1. The summed E-state index contributed by atoms with van der Waals surface area (Å²) in [5, 5.41) is 9.72. The third-order valence-electron chi connectivity index (χ3n) is 5.49. The van der Waals surface area contributed by atoms with E-state index < -0.39 is 15.8 Å². The van der Waals surface area contributed by atoms with Crippen LogP contribution < -0.4 is 5.14 Å². The van der Waals surface area contributed by atoms with E-state index in [9.17, 15) is 12.8 Å². The number of primary sulfonamides is 1. The molecule has 0 spiro atoms. The number of sulfonamides is 1. The van der Waals surface area contributed by atoms with Crippen molar-refractivity contribution in [2.75, 3.05) is 19.8 Å². The summed E-state index contributed by atoms with van der Waals surface area (Å²) in [6.07, 6.45) is 0.448. The van der Waals surface area contributed by atoms with Crippen molar-refractivity contribution in [3.05, 3.63) is 71.1 Å². The van der Waals surface area contributed by atoms with Crippen LogP contribution in [0.4, 0.5) is 4.39 Å². The van der Waals surface area contributed by atoms with Crippen LogP contribution in [0.5, 0.6) is 0 Å². The van der Waals surface area contributed by atoms with E-state index in [1.54, 1.807) is 0 Å². The molecule has 0 unspecified atom stereocenters. The zero-order chi connectivity index (χ0) is 22.9. The fraction of sp³-hybridized carbons (Fsp3) is 0.364. The van der Waals surface area contributed by atoms with Gasteiger partial charge >= 0.3 is 0 Å². The van der Waals surface area contributed by atoms with Gasteiger partial charge in [-0.05, 0) is 37.6 Å². The van der Waals surface area contributed by atoms with Crippen LogP contribution in [0.25, 0.3) is 5.69 Å². The van der Waals surface area contributed by atoms with E-state index >= 15 is 0 Å².